The Morgan fingerprint density at radius 1 is 0.564 bits per heavy atom. The molecule has 0 amide bonds. The van der Waals surface area contributed by atoms with Crippen LogP contribution in [0.15, 0.2) is 36.5 Å². The molecule has 320 valence electrons. The third kappa shape index (κ3) is 25.1. The van der Waals surface area contributed by atoms with Gasteiger partial charge in [0, 0.05) is 12.8 Å². The van der Waals surface area contributed by atoms with Gasteiger partial charge < -0.3 is 39.9 Å². The second kappa shape index (κ2) is 32.1. The Bertz CT molecular complexity index is 1110. The molecule has 0 bridgehead atoms. The number of aliphatic hydroxyl groups excluding tert-OH is 5. The van der Waals surface area contributed by atoms with Crippen LogP contribution < -0.4 is 0 Å². The second-order valence-corrected chi connectivity index (χ2v) is 15.9. The molecule has 14 heteroatoms. The van der Waals surface area contributed by atoms with Crippen LogP contribution >= 0.6 is 7.82 Å². The second-order valence-electron chi connectivity index (χ2n) is 14.5. The molecule has 0 aromatic heterocycles. The summed E-state index contributed by atoms with van der Waals surface area (Å²) in [5, 5.41) is 50.0. The van der Waals surface area contributed by atoms with Crippen LogP contribution in [0.4, 0.5) is 0 Å². The van der Waals surface area contributed by atoms with Gasteiger partial charge in [-0.15, -0.1) is 0 Å². The molecular formula is C41H73O13P. The Labute approximate surface area is 329 Å². The fraction of sp³-hybridized carbons (Fsp3) is 0.805. The smallest absolute Gasteiger partial charge is 0.462 e. The highest BCUT2D eigenvalue weighted by Crippen LogP contribution is 2.47. The van der Waals surface area contributed by atoms with E-state index in [4.69, 9.17) is 18.5 Å². The fourth-order valence-corrected chi connectivity index (χ4v) is 6.97. The zero-order chi connectivity index (χ0) is 40.7. The monoisotopic (exact) mass is 804 g/mol. The summed E-state index contributed by atoms with van der Waals surface area (Å²) in [5.41, 5.74) is 0. The molecule has 8 atom stereocenters. The molecule has 0 aliphatic heterocycles. The van der Waals surface area contributed by atoms with Gasteiger partial charge in [0.2, 0.25) is 0 Å². The van der Waals surface area contributed by atoms with Gasteiger partial charge in [-0.25, -0.2) is 4.57 Å². The maximum absolute atomic E-state index is 12.8. The Hall–Kier alpha value is -1.93. The first-order chi connectivity index (χ1) is 26.4. The molecule has 1 aliphatic carbocycles. The molecule has 1 saturated carbocycles. The molecule has 0 saturated heterocycles. The summed E-state index contributed by atoms with van der Waals surface area (Å²) in [5.74, 6) is -1.13. The SMILES string of the molecule is CCCC/C=C/C/C=C/CCCCCCCC(=O)OC[C@H](COP(=O)(O)OC1C(O)C(O)C(O)[C@@H](O)C1O)OC(=O)CCCCCCC/C=C/CCCCC. The normalized spacial score (nSPS) is 23.4. The van der Waals surface area contributed by atoms with E-state index < -0.39 is 75.7 Å². The van der Waals surface area contributed by atoms with E-state index in [0.29, 0.717) is 12.8 Å². The number of phosphoric ester groups is 1. The van der Waals surface area contributed by atoms with Gasteiger partial charge in [-0.05, 0) is 64.2 Å². The molecule has 0 aromatic carbocycles. The van der Waals surface area contributed by atoms with Crippen molar-refractivity contribution in [2.75, 3.05) is 13.2 Å². The van der Waals surface area contributed by atoms with Crippen molar-refractivity contribution in [3.63, 3.8) is 0 Å². The number of carbonyl (C=O) groups excluding carboxylic acids is 2. The highest BCUT2D eigenvalue weighted by molar-refractivity contribution is 7.47. The van der Waals surface area contributed by atoms with Crippen LogP contribution in [-0.4, -0.2) is 98.3 Å². The van der Waals surface area contributed by atoms with Crippen LogP contribution in [0.3, 0.4) is 0 Å². The van der Waals surface area contributed by atoms with E-state index >= 15 is 0 Å². The maximum Gasteiger partial charge on any atom is 0.472 e. The fourth-order valence-electron chi connectivity index (χ4n) is 6.00. The first kappa shape index (κ1) is 51.1. The molecule has 1 aliphatic rings. The van der Waals surface area contributed by atoms with E-state index in [9.17, 15) is 44.6 Å². The third-order valence-electron chi connectivity index (χ3n) is 9.45. The van der Waals surface area contributed by atoms with E-state index in [-0.39, 0.29) is 12.8 Å². The maximum atomic E-state index is 12.8. The van der Waals surface area contributed by atoms with Gasteiger partial charge in [-0.1, -0.05) is 115 Å². The number of hydrogen-bond acceptors (Lipinski definition) is 12. The number of carbonyl (C=O) groups is 2. The number of ether oxygens (including phenoxy) is 2. The summed E-state index contributed by atoms with van der Waals surface area (Å²) < 4.78 is 33.4. The van der Waals surface area contributed by atoms with Gasteiger partial charge in [-0.3, -0.25) is 18.6 Å². The van der Waals surface area contributed by atoms with E-state index in [1.165, 1.54) is 32.1 Å². The van der Waals surface area contributed by atoms with E-state index in [1.54, 1.807) is 0 Å². The van der Waals surface area contributed by atoms with Crippen LogP contribution in [-0.2, 0) is 32.7 Å². The van der Waals surface area contributed by atoms with Gasteiger partial charge in [0.05, 0.1) is 6.61 Å². The Morgan fingerprint density at radius 2 is 1.00 bits per heavy atom. The van der Waals surface area contributed by atoms with Gasteiger partial charge in [-0.2, -0.15) is 0 Å². The van der Waals surface area contributed by atoms with Crippen molar-refractivity contribution in [1.82, 2.24) is 0 Å². The standard InChI is InChI=1S/C41H73O13P/c1-3-5-7-9-11-13-15-17-18-20-21-23-25-27-29-34(42)51-31-33(53-35(43)30-28-26-24-22-19-16-14-12-10-8-6-4-2)32-52-55(49,50)54-41-39(47)37(45)36(44)38(46)40(41)48/h9,11-12,14-15,17,33,36-41,44-48H,3-8,10,13,16,18-32H2,1-2H3,(H,49,50)/b11-9+,14-12+,17-15+/t33-,36?,37-,38?,39?,40?,41?/m1/s1. The van der Waals surface area contributed by atoms with E-state index in [2.05, 4.69) is 50.3 Å². The molecule has 1 fully saturated rings. The summed E-state index contributed by atoms with van der Waals surface area (Å²) in [6, 6.07) is 0. The molecule has 1 rings (SSSR count). The van der Waals surface area contributed by atoms with Crippen LogP contribution in [0, 0.1) is 0 Å². The van der Waals surface area contributed by atoms with Crippen molar-refractivity contribution in [2.24, 2.45) is 0 Å². The summed E-state index contributed by atoms with van der Waals surface area (Å²) in [4.78, 5) is 35.5. The van der Waals surface area contributed by atoms with Gasteiger partial charge in [0.1, 0.15) is 43.2 Å². The van der Waals surface area contributed by atoms with Crippen LogP contribution in [0.25, 0.3) is 0 Å². The van der Waals surface area contributed by atoms with Crippen molar-refractivity contribution in [1.29, 1.82) is 0 Å². The first-order valence-electron chi connectivity index (χ1n) is 20.8. The van der Waals surface area contributed by atoms with E-state index in [0.717, 1.165) is 83.5 Å². The van der Waals surface area contributed by atoms with E-state index in [1.807, 2.05) is 0 Å². The minimum Gasteiger partial charge on any atom is -0.462 e. The van der Waals surface area contributed by atoms with Gasteiger partial charge in [0.25, 0.3) is 0 Å². The molecule has 6 unspecified atom stereocenters. The molecule has 0 heterocycles. The molecule has 0 spiro atoms. The Balaban J connectivity index is 2.53. The molecule has 13 nitrogen and oxygen atoms in total. The average Bonchev–Trinajstić information content (AvgIpc) is 3.16. The van der Waals surface area contributed by atoms with Crippen molar-refractivity contribution in [2.45, 2.75) is 198 Å². The molecule has 0 radical (unpaired) electrons. The predicted molar refractivity (Wildman–Crippen MR) is 212 cm³/mol. The van der Waals surface area contributed by atoms with Crippen LogP contribution in [0.5, 0.6) is 0 Å². The topological polar surface area (TPSA) is 210 Å². The highest BCUT2D eigenvalue weighted by atomic mass is 31.2. The minimum atomic E-state index is -5.12. The molecular weight excluding hydrogens is 731 g/mol. The summed E-state index contributed by atoms with van der Waals surface area (Å²) >= 11 is 0. The number of phosphoric acid groups is 1. The third-order valence-corrected chi connectivity index (χ3v) is 10.4. The highest BCUT2D eigenvalue weighted by Gasteiger charge is 2.51. The number of allylic oxidation sites excluding steroid dienone is 6. The van der Waals surface area contributed by atoms with Crippen molar-refractivity contribution in [3.05, 3.63) is 36.5 Å². The lowest BCUT2D eigenvalue weighted by molar-refractivity contribution is -0.220. The zero-order valence-electron chi connectivity index (χ0n) is 33.5. The van der Waals surface area contributed by atoms with Gasteiger partial charge in [0.15, 0.2) is 6.10 Å². The number of aliphatic hydroxyl groups is 5. The number of hydrogen-bond donors (Lipinski definition) is 6. The number of rotatable bonds is 33. The number of esters is 2. The molecule has 55 heavy (non-hydrogen) atoms. The van der Waals surface area contributed by atoms with Crippen molar-refractivity contribution < 1.29 is 63.1 Å². The van der Waals surface area contributed by atoms with Crippen LogP contribution in [0.2, 0.25) is 0 Å². The Kier molecular flexibility index (Phi) is 29.8. The summed E-state index contributed by atoms with van der Waals surface area (Å²) in [6.07, 6.45) is 20.7. The zero-order valence-corrected chi connectivity index (χ0v) is 34.4. The first-order valence-corrected chi connectivity index (χ1v) is 22.3. The molecule has 6 N–H and O–H groups in total. The quantitative estimate of drug-likeness (QED) is 0.0170. The van der Waals surface area contributed by atoms with Crippen LogP contribution in [0.1, 0.15) is 155 Å². The Morgan fingerprint density at radius 3 is 1.55 bits per heavy atom. The minimum absolute atomic E-state index is 0.0828. The predicted octanol–water partition coefficient (Wildman–Crippen LogP) is 7.05. The summed E-state index contributed by atoms with van der Waals surface area (Å²) in [6.45, 7) is 3.18. The average molecular weight is 805 g/mol. The van der Waals surface area contributed by atoms with Crippen molar-refractivity contribution in [3.8, 4) is 0 Å². The summed E-state index contributed by atoms with van der Waals surface area (Å²) in [7, 11) is -5.12. The van der Waals surface area contributed by atoms with Crippen molar-refractivity contribution >= 4 is 19.8 Å². The lowest BCUT2D eigenvalue weighted by Crippen LogP contribution is -2.64. The lowest BCUT2D eigenvalue weighted by Gasteiger charge is -2.41. The van der Waals surface area contributed by atoms with Gasteiger partial charge >= 0.3 is 19.8 Å². The lowest BCUT2D eigenvalue weighted by atomic mass is 9.85. The molecule has 0 aromatic rings. The number of unbranched alkanes of at least 4 members (excludes halogenated alkanes) is 15. The largest absolute Gasteiger partial charge is 0.472 e.